The number of likely N-dealkylation sites (tertiary alicyclic amines) is 1. The molecule has 23 heavy (non-hydrogen) atoms. The van der Waals surface area contributed by atoms with Crippen molar-refractivity contribution in [3.63, 3.8) is 0 Å². The van der Waals surface area contributed by atoms with Gasteiger partial charge in [-0.1, -0.05) is 31.9 Å². The van der Waals surface area contributed by atoms with Gasteiger partial charge in [-0.2, -0.15) is 0 Å². The molecule has 1 aliphatic carbocycles. The second-order valence-corrected chi connectivity index (χ2v) is 8.17. The number of nitrogens with zero attached hydrogens (tertiary/aromatic N) is 2. The lowest BCUT2D eigenvalue weighted by molar-refractivity contribution is -0.133. The van der Waals surface area contributed by atoms with Gasteiger partial charge in [-0.3, -0.25) is 4.79 Å². The minimum atomic E-state index is 0.211. The quantitative estimate of drug-likeness (QED) is 0.826. The van der Waals surface area contributed by atoms with Crippen molar-refractivity contribution >= 4 is 27.5 Å². The van der Waals surface area contributed by atoms with E-state index in [1.54, 1.807) is 11.3 Å². The second kappa shape index (κ2) is 6.23. The molecule has 0 bridgehead atoms. The highest BCUT2D eigenvalue weighted by molar-refractivity contribution is 7.18. The monoisotopic (exact) mass is 328 g/mol. The minimum absolute atomic E-state index is 0.211. The Morgan fingerprint density at radius 3 is 3.00 bits per heavy atom. The molecule has 1 aromatic carbocycles. The molecule has 3 unspecified atom stereocenters. The first kappa shape index (κ1) is 15.1. The maximum Gasteiger partial charge on any atom is 0.223 e. The first-order valence-corrected chi connectivity index (χ1v) is 9.69. The van der Waals surface area contributed by atoms with Crippen LogP contribution < -0.4 is 0 Å². The number of aromatic nitrogens is 1. The van der Waals surface area contributed by atoms with Crippen LogP contribution in [0.2, 0.25) is 0 Å². The third kappa shape index (κ3) is 2.89. The molecule has 122 valence electrons. The predicted octanol–water partition coefficient (Wildman–Crippen LogP) is 4.58. The number of para-hydroxylation sites is 1. The predicted molar refractivity (Wildman–Crippen MR) is 94.7 cm³/mol. The van der Waals surface area contributed by atoms with Crippen molar-refractivity contribution in [2.75, 3.05) is 6.54 Å². The van der Waals surface area contributed by atoms with Crippen molar-refractivity contribution in [1.82, 2.24) is 9.88 Å². The number of hydrogen-bond acceptors (Lipinski definition) is 3. The molecule has 2 aromatic rings. The van der Waals surface area contributed by atoms with Gasteiger partial charge >= 0.3 is 0 Å². The van der Waals surface area contributed by atoms with Gasteiger partial charge in [-0.25, -0.2) is 4.98 Å². The van der Waals surface area contributed by atoms with Gasteiger partial charge < -0.3 is 4.90 Å². The van der Waals surface area contributed by atoms with E-state index in [2.05, 4.69) is 24.0 Å². The third-order valence-electron chi connectivity index (χ3n) is 5.54. The van der Waals surface area contributed by atoms with Gasteiger partial charge in [0.05, 0.1) is 15.2 Å². The summed E-state index contributed by atoms with van der Waals surface area (Å²) < 4.78 is 1.22. The van der Waals surface area contributed by atoms with Crippen LogP contribution in [-0.4, -0.2) is 28.4 Å². The molecule has 2 heterocycles. The average molecular weight is 328 g/mol. The topological polar surface area (TPSA) is 33.2 Å². The van der Waals surface area contributed by atoms with Gasteiger partial charge in [0, 0.05) is 24.9 Å². The highest BCUT2D eigenvalue weighted by atomic mass is 32.1. The van der Waals surface area contributed by atoms with Crippen molar-refractivity contribution in [1.29, 1.82) is 0 Å². The number of carbonyl (C=O) groups excluding carboxylic acids is 1. The van der Waals surface area contributed by atoms with Crippen molar-refractivity contribution in [3.8, 4) is 0 Å². The molecule has 1 aliphatic heterocycles. The van der Waals surface area contributed by atoms with E-state index in [1.807, 2.05) is 12.1 Å². The van der Waals surface area contributed by atoms with Crippen LogP contribution in [0.4, 0.5) is 0 Å². The third-order valence-corrected chi connectivity index (χ3v) is 6.81. The van der Waals surface area contributed by atoms with E-state index in [-0.39, 0.29) is 5.92 Å². The van der Waals surface area contributed by atoms with Crippen molar-refractivity contribution in [2.45, 2.75) is 57.4 Å². The number of benzene rings is 1. The lowest BCUT2D eigenvalue weighted by Gasteiger charge is -2.32. The maximum atomic E-state index is 12.8. The molecule has 3 atom stereocenters. The second-order valence-electron chi connectivity index (χ2n) is 7.11. The van der Waals surface area contributed by atoms with Crippen LogP contribution in [0.5, 0.6) is 0 Å². The summed E-state index contributed by atoms with van der Waals surface area (Å²) in [6, 6.07) is 8.76. The van der Waals surface area contributed by atoms with E-state index in [1.165, 1.54) is 36.8 Å². The van der Waals surface area contributed by atoms with E-state index in [9.17, 15) is 4.79 Å². The SMILES string of the molecule is CC(CC(=O)N1CCC2CCCCC21)c1nc2ccccc2s1. The number of fused-ring (bicyclic) bond motifs is 2. The summed E-state index contributed by atoms with van der Waals surface area (Å²) in [4.78, 5) is 19.7. The molecule has 1 amide bonds. The Kier molecular flexibility index (Phi) is 4.10. The largest absolute Gasteiger partial charge is 0.339 e. The molecule has 1 saturated carbocycles. The zero-order valence-electron chi connectivity index (χ0n) is 13.7. The van der Waals surface area contributed by atoms with E-state index < -0.39 is 0 Å². The van der Waals surface area contributed by atoms with Crippen LogP contribution in [0.3, 0.4) is 0 Å². The molecule has 2 aliphatic rings. The number of rotatable bonds is 3. The van der Waals surface area contributed by atoms with Gasteiger partial charge in [0.2, 0.25) is 5.91 Å². The summed E-state index contributed by atoms with van der Waals surface area (Å²) in [5, 5.41) is 1.10. The fourth-order valence-electron chi connectivity index (χ4n) is 4.28. The van der Waals surface area contributed by atoms with Gasteiger partial charge in [-0.05, 0) is 37.3 Å². The van der Waals surface area contributed by atoms with E-state index in [0.717, 1.165) is 23.0 Å². The molecule has 0 spiro atoms. The van der Waals surface area contributed by atoms with E-state index >= 15 is 0 Å². The zero-order valence-corrected chi connectivity index (χ0v) is 14.5. The molecule has 1 saturated heterocycles. The molecule has 3 nitrogen and oxygen atoms in total. The number of hydrogen-bond donors (Lipinski definition) is 0. The Morgan fingerprint density at radius 2 is 2.13 bits per heavy atom. The normalized spacial score (nSPS) is 25.5. The van der Waals surface area contributed by atoms with Gasteiger partial charge in [-0.15, -0.1) is 11.3 Å². The van der Waals surface area contributed by atoms with E-state index in [0.29, 0.717) is 18.4 Å². The summed E-state index contributed by atoms with van der Waals surface area (Å²) in [7, 11) is 0. The summed E-state index contributed by atoms with van der Waals surface area (Å²) in [6.45, 7) is 3.12. The van der Waals surface area contributed by atoms with Crippen molar-refractivity contribution in [3.05, 3.63) is 29.3 Å². The Hall–Kier alpha value is -1.42. The molecular weight excluding hydrogens is 304 g/mol. The minimum Gasteiger partial charge on any atom is -0.339 e. The average Bonchev–Trinajstić information content (AvgIpc) is 3.18. The molecule has 0 N–H and O–H groups in total. The van der Waals surface area contributed by atoms with Crippen LogP contribution in [0.1, 0.15) is 56.4 Å². The van der Waals surface area contributed by atoms with E-state index in [4.69, 9.17) is 4.98 Å². The smallest absolute Gasteiger partial charge is 0.223 e. The summed E-state index contributed by atoms with van der Waals surface area (Å²) in [5.74, 6) is 1.32. The van der Waals surface area contributed by atoms with Crippen LogP contribution >= 0.6 is 11.3 Å². The standard InChI is InChI=1S/C19H24N2OS/c1-13(19-20-15-7-3-5-9-17(15)23-19)12-18(22)21-11-10-14-6-2-4-8-16(14)21/h3,5,7,9,13-14,16H,2,4,6,8,10-12H2,1H3. The van der Waals surface area contributed by atoms with Crippen molar-refractivity contribution < 1.29 is 4.79 Å². The lowest BCUT2D eigenvalue weighted by atomic mass is 9.85. The Morgan fingerprint density at radius 1 is 1.30 bits per heavy atom. The van der Waals surface area contributed by atoms with Gasteiger partial charge in [0.15, 0.2) is 0 Å². The van der Waals surface area contributed by atoms with Crippen LogP contribution in [0.15, 0.2) is 24.3 Å². The van der Waals surface area contributed by atoms with Crippen LogP contribution in [0.25, 0.3) is 10.2 Å². The Bertz CT molecular complexity index is 677. The molecule has 4 heteroatoms. The first-order chi connectivity index (χ1) is 11.2. The number of carbonyl (C=O) groups is 1. The fourth-order valence-corrected chi connectivity index (χ4v) is 5.30. The molecule has 4 rings (SSSR count). The summed E-state index contributed by atoms with van der Waals surface area (Å²) in [5.41, 5.74) is 1.06. The van der Waals surface area contributed by atoms with Crippen LogP contribution in [-0.2, 0) is 4.79 Å². The highest BCUT2D eigenvalue weighted by Gasteiger charge is 2.38. The van der Waals surface area contributed by atoms with Crippen LogP contribution in [0, 0.1) is 5.92 Å². The highest BCUT2D eigenvalue weighted by Crippen LogP contribution is 2.37. The molecule has 1 aromatic heterocycles. The number of amides is 1. The van der Waals surface area contributed by atoms with Gasteiger partial charge in [0.1, 0.15) is 0 Å². The van der Waals surface area contributed by atoms with Crippen molar-refractivity contribution in [2.24, 2.45) is 5.92 Å². The Balaban J connectivity index is 1.45. The zero-order chi connectivity index (χ0) is 15.8. The summed E-state index contributed by atoms with van der Waals surface area (Å²) in [6.07, 6.45) is 6.99. The van der Waals surface area contributed by atoms with Gasteiger partial charge in [0.25, 0.3) is 0 Å². The molecule has 2 fully saturated rings. The number of thiazole rings is 1. The fraction of sp³-hybridized carbons (Fsp3) is 0.579. The molecule has 0 radical (unpaired) electrons. The summed E-state index contributed by atoms with van der Waals surface area (Å²) >= 11 is 1.73. The first-order valence-electron chi connectivity index (χ1n) is 8.87. The molecular formula is C19H24N2OS. The lowest BCUT2D eigenvalue weighted by Crippen LogP contribution is -2.39. The Labute approximate surface area is 141 Å². The maximum absolute atomic E-state index is 12.8.